The third kappa shape index (κ3) is 17.6. The third-order valence-corrected chi connectivity index (χ3v) is 21.9. The van der Waals surface area contributed by atoms with Crippen molar-refractivity contribution < 1.29 is 62.6 Å². The summed E-state index contributed by atoms with van der Waals surface area (Å²) in [6.45, 7) is 5.17. The lowest BCUT2D eigenvalue weighted by Crippen LogP contribution is -2.32. The van der Waals surface area contributed by atoms with Crippen LogP contribution in [0.25, 0.3) is 0 Å². The predicted molar refractivity (Wildman–Crippen MR) is 347 cm³/mol. The number of alkyl halides is 2. The number of anilines is 2. The molecule has 1 unspecified atom stereocenters. The first-order valence-corrected chi connectivity index (χ1v) is 36.1. The molecule has 484 valence electrons. The van der Waals surface area contributed by atoms with Gasteiger partial charge in [0.1, 0.15) is 31.9 Å². The largest absolute Gasteiger partial charge is 0.495 e. The van der Waals surface area contributed by atoms with Gasteiger partial charge in [-0.05, 0) is 140 Å². The second-order valence-electron chi connectivity index (χ2n) is 21.8. The van der Waals surface area contributed by atoms with Crippen LogP contribution in [0.4, 0.5) is 20.2 Å². The van der Waals surface area contributed by atoms with Crippen molar-refractivity contribution in [2.45, 2.75) is 110 Å². The van der Waals surface area contributed by atoms with E-state index in [9.17, 15) is 38.6 Å². The number of methoxy groups -OCH3 is 3. The molecular weight excluding hydrogens is 1260 g/mol. The van der Waals surface area contributed by atoms with Crippen LogP contribution in [0.1, 0.15) is 97.2 Å². The summed E-state index contributed by atoms with van der Waals surface area (Å²) in [6, 6.07) is 46.1. The van der Waals surface area contributed by atoms with E-state index in [0.29, 0.717) is 11.5 Å². The quantitative estimate of drug-likeness (QED) is 0.0397. The smallest absolute Gasteiger partial charge is 0.399 e. The fourth-order valence-corrected chi connectivity index (χ4v) is 16.0. The molecule has 0 bridgehead atoms. The van der Waals surface area contributed by atoms with Crippen LogP contribution in [0.15, 0.2) is 178 Å². The van der Waals surface area contributed by atoms with E-state index in [-0.39, 0.29) is 58.2 Å². The van der Waals surface area contributed by atoms with E-state index in [1.165, 1.54) is 82.4 Å². The Morgan fingerprint density at radius 1 is 0.567 bits per heavy atom. The first-order chi connectivity index (χ1) is 43.1. The predicted octanol–water partition coefficient (Wildman–Crippen LogP) is 12.1. The van der Waals surface area contributed by atoms with E-state index in [4.69, 9.17) is 35.6 Å². The highest BCUT2D eigenvalue weighted by Crippen LogP contribution is 2.60. The van der Waals surface area contributed by atoms with Gasteiger partial charge in [0.05, 0.1) is 31.9 Å². The standard InChI is InChI=1S/C27H30ClF2N2O6PS.2C19H24N2O3S/c1-38-25-11-4-5-12-26(25)40(36,37)32(18-20-8-2-3-9-21(20)24-10-6-7-15-31-24)17-19-13-14-22(23(28)16-19)27(29,30)39(33,34)35;2*1-24-18-11-5-6-12-19(18)25(22,23)20-15-16-9-3-4-10-17(16)21-13-7-2-8-14-21/h2-5,8-9,11-14,16,24,31H,6-7,10,15,17-18H2,1H3,(H2,33,34,35);2*3-6,9-12,20H,2,7-8,13-15H2,1H3. The van der Waals surface area contributed by atoms with E-state index < -0.39 is 53.9 Å². The van der Waals surface area contributed by atoms with Gasteiger partial charge in [-0.3, -0.25) is 4.57 Å². The number of nitrogens with one attached hydrogen (secondary N) is 3. The van der Waals surface area contributed by atoms with Gasteiger partial charge in [-0.25, -0.2) is 34.7 Å². The Bertz CT molecular complexity index is 3790. The van der Waals surface area contributed by atoms with Gasteiger partial charge in [-0.15, -0.1) is 0 Å². The Morgan fingerprint density at radius 2 is 1.00 bits per heavy atom. The summed E-state index contributed by atoms with van der Waals surface area (Å²) in [7, 11) is -13.0. The van der Waals surface area contributed by atoms with E-state index in [1.807, 2.05) is 60.7 Å². The van der Waals surface area contributed by atoms with Crippen molar-refractivity contribution in [3.05, 3.63) is 202 Å². The molecule has 25 heteroatoms. The summed E-state index contributed by atoms with van der Waals surface area (Å²) < 4.78 is 141. The van der Waals surface area contributed by atoms with Crippen molar-refractivity contribution >= 4 is 60.6 Å². The van der Waals surface area contributed by atoms with Crippen LogP contribution in [-0.4, -0.2) is 93.4 Å². The lowest BCUT2D eigenvalue weighted by molar-refractivity contribution is 0.0565. The van der Waals surface area contributed by atoms with Crippen LogP contribution in [-0.2, 0) is 66.5 Å². The van der Waals surface area contributed by atoms with Crippen molar-refractivity contribution in [3.8, 4) is 17.2 Å². The maximum absolute atomic E-state index is 14.3. The number of para-hydroxylation sites is 5. The minimum Gasteiger partial charge on any atom is -0.495 e. The molecule has 0 aliphatic carbocycles. The number of piperidine rings is 3. The monoisotopic (exact) mass is 1330 g/mol. The molecule has 18 nitrogen and oxygen atoms in total. The fourth-order valence-electron chi connectivity index (χ4n) is 11.2. The summed E-state index contributed by atoms with van der Waals surface area (Å²) in [5, 5.41) is 2.90. The van der Waals surface area contributed by atoms with Crippen LogP contribution in [0.2, 0.25) is 5.02 Å². The second-order valence-corrected chi connectivity index (χ2v) is 29.3. The zero-order chi connectivity index (χ0) is 64.5. The molecule has 7 aromatic carbocycles. The molecule has 0 aromatic heterocycles. The van der Waals surface area contributed by atoms with Gasteiger partial charge >= 0.3 is 13.3 Å². The van der Waals surface area contributed by atoms with Gasteiger partial charge in [0, 0.05) is 69.8 Å². The zero-order valence-corrected chi connectivity index (χ0v) is 54.6. The van der Waals surface area contributed by atoms with Crippen molar-refractivity contribution in [1.29, 1.82) is 0 Å². The van der Waals surface area contributed by atoms with Crippen molar-refractivity contribution in [2.24, 2.45) is 0 Å². The highest BCUT2D eigenvalue weighted by Gasteiger charge is 2.51. The Morgan fingerprint density at radius 3 is 1.46 bits per heavy atom. The zero-order valence-electron chi connectivity index (χ0n) is 50.5. The molecule has 3 saturated heterocycles. The maximum atomic E-state index is 14.3. The van der Waals surface area contributed by atoms with Crippen LogP contribution in [0.3, 0.4) is 0 Å². The van der Waals surface area contributed by atoms with E-state index in [0.717, 1.165) is 97.7 Å². The van der Waals surface area contributed by atoms with Crippen molar-refractivity contribution in [1.82, 2.24) is 19.1 Å². The molecule has 3 aliphatic heterocycles. The van der Waals surface area contributed by atoms with Crippen LogP contribution in [0.5, 0.6) is 17.2 Å². The van der Waals surface area contributed by atoms with Crippen LogP contribution >= 0.6 is 19.2 Å². The highest BCUT2D eigenvalue weighted by atomic mass is 35.5. The molecule has 0 saturated carbocycles. The first-order valence-electron chi connectivity index (χ1n) is 29.7. The Balaban J connectivity index is 0.000000182. The summed E-state index contributed by atoms with van der Waals surface area (Å²) in [5.41, 5.74) is 0.660. The molecule has 3 fully saturated rings. The Labute approximate surface area is 532 Å². The molecular formula is C65H78ClF2N6O12PS3. The number of halogens is 3. The maximum Gasteiger partial charge on any atom is 0.399 e. The number of nitrogens with zero attached hydrogens (tertiary/aromatic N) is 3. The van der Waals surface area contributed by atoms with Gasteiger partial charge < -0.3 is 39.1 Å². The molecule has 5 N–H and O–H groups in total. The van der Waals surface area contributed by atoms with E-state index in [2.05, 4.69) is 36.7 Å². The number of benzene rings is 7. The molecule has 1 atom stereocenters. The molecule has 90 heavy (non-hydrogen) atoms. The number of hydrogen-bond acceptors (Lipinski definition) is 13. The summed E-state index contributed by atoms with van der Waals surface area (Å²) >= 11 is 6.05. The van der Waals surface area contributed by atoms with Gasteiger partial charge in [-0.2, -0.15) is 13.1 Å². The fraction of sp³-hybridized carbons (Fsp3) is 0.354. The van der Waals surface area contributed by atoms with Gasteiger partial charge in [0.2, 0.25) is 30.1 Å². The topological polar surface area (TPSA) is 233 Å². The average molecular weight is 1340 g/mol. The second kappa shape index (κ2) is 31.7. The first kappa shape index (κ1) is 69.4. The molecule has 10 rings (SSSR count). The van der Waals surface area contributed by atoms with Gasteiger partial charge in [0.25, 0.3) is 0 Å². The summed E-state index contributed by atoms with van der Waals surface area (Å²) in [6.07, 6.45) is 10.3. The lowest BCUT2D eigenvalue weighted by Gasteiger charge is -2.30. The van der Waals surface area contributed by atoms with Crippen molar-refractivity contribution in [3.63, 3.8) is 0 Å². The van der Waals surface area contributed by atoms with Crippen molar-refractivity contribution in [2.75, 3.05) is 63.9 Å². The SMILES string of the molecule is COc1ccccc1S(=O)(=O)N(Cc1ccc(C(F)(F)P(=O)(O)O)c(Cl)c1)Cc1ccccc1C1CCCCN1.COc1ccccc1S(=O)(=O)NCc1ccccc1N1CCCCC1.COc1ccccc1S(=O)(=O)NCc1ccccc1N1CCCCC1. The number of ether oxygens (including phenoxy) is 3. The Kier molecular flexibility index (Phi) is 24.5. The summed E-state index contributed by atoms with van der Waals surface area (Å²) in [4.78, 5) is 23.2. The molecule has 3 heterocycles. The molecule has 0 spiro atoms. The highest BCUT2D eigenvalue weighted by molar-refractivity contribution is 7.90. The number of hydrogen-bond donors (Lipinski definition) is 5. The van der Waals surface area contributed by atoms with Crippen LogP contribution in [0, 0.1) is 0 Å². The number of rotatable bonds is 22. The minimum atomic E-state index is -5.84. The van der Waals surface area contributed by atoms with E-state index in [1.54, 1.807) is 60.7 Å². The molecule has 3 aliphatic rings. The molecule has 0 amide bonds. The van der Waals surface area contributed by atoms with Gasteiger partial charge in [-0.1, -0.05) is 127 Å². The number of sulfonamides is 3. The van der Waals surface area contributed by atoms with Crippen LogP contribution < -0.4 is 38.8 Å². The van der Waals surface area contributed by atoms with Gasteiger partial charge in [0.15, 0.2) is 0 Å². The van der Waals surface area contributed by atoms with E-state index >= 15 is 0 Å². The Hall–Kier alpha value is -6.47. The normalized spacial score (nSPS) is 15.9. The molecule has 0 radical (unpaired) electrons. The average Bonchev–Trinajstić information content (AvgIpc) is 0.865. The summed E-state index contributed by atoms with van der Waals surface area (Å²) in [5.74, 6) is 0.836. The minimum absolute atomic E-state index is 0.0350. The molecule has 7 aromatic rings. The lowest BCUT2D eigenvalue weighted by atomic mass is 9.93. The third-order valence-electron chi connectivity index (χ3n) is 15.9.